The molecule has 1 saturated heterocycles. The topological polar surface area (TPSA) is 41.6 Å². The molecule has 1 heterocycles. The number of aryl methyl sites for hydroxylation is 1. The lowest BCUT2D eigenvalue weighted by molar-refractivity contribution is 0.454. The second-order valence-electron chi connectivity index (χ2n) is 5.87. The summed E-state index contributed by atoms with van der Waals surface area (Å²) in [5.41, 5.74) is 9.28. The summed E-state index contributed by atoms with van der Waals surface area (Å²) in [6.07, 6.45) is 2.48. The van der Waals surface area contributed by atoms with E-state index >= 15 is 0 Å². The van der Waals surface area contributed by atoms with Gasteiger partial charge in [0.2, 0.25) is 0 Å². The van der Waals surface area contributed by atoms with Crippen molar-refractivity contribution < 1.29 is 0 Å². The number of nitrogens with zero attached hydrogens (tertiary/aromatic N) is 2. The first-order valence-electron chi connectivity index (χ1n) is 7.40. The van der Waals surface area contributed by atoms with Crippen molar-refractivity contribution in [2.45, 2.75) is 25.2 Å². The highest BCUT2D eigenvalue weighted by molar-refractivity contribution is 7.99. The van der Waals surface area contributed by atoms with E-state index in [2.05, 4.69) is 36.1 Å². The van der Waals surface area contributed by atoms with Gasteiger partial charge >= 0.3 is 0 Å². The molecule has 1 aliphatic heterocycles. The lowest BCUT2D eigenvalue weighted by Crippen LogP contribution is -2.43. The summed E-state index contributed by atoms with van der Waals surface area (Å²) in [5.74, 6) is 3.07. The molecule has 0 bridgehead atoms. The van der Waals surface area contributed by atoms with Gasteiger partial charge in [0.25, 0.3) is 0 Å². The Morgan fingerprint density at radius 1 is 1.30 bits per heavy atom. The molecule has 0 spiro atoms. The van der Waals surface area contributed by atoms with Crippen LogP contribution in [-0.2, 0) is 5.41 Å². The lowest BCUT2D eigenvalue weighted by Gasteiger charge is -2.27. The second kappa shape index (κ2) is 5.68. The van der Waals surface area contributed by atoms with E-state index in [1.807, 2.05) is 11.8 Å². The first-order chi connectivity index (χ1) is 9.71. The third-order valence-electron chi connectivity index (χ3n) is 4.45. The number of benzene rings is 1. The maximum atomic E-state index is 6.17. The van der Waals surface area contributed by atoms with Gasteiger partial charge in [0.15, 0.2) is 5.96 Å². The molecular weight excluding hydrogens is 266 g/mol. The van der Waals surface area contributed by atoms with E-state index in [-0.39, 0.29) is 5.41 Å². The fourth-order valence-corrected chi connectivity index (χ4v) is 3.86. The fourth-order valence-electron chi connectivity index (χ4n) is 2.96. The zero-order chi connectivity index (χ0) is 14.0. The van der Waals surface area contributed by atoms with Crippen molar-refractivity contribution in [1.29, 1.82) is 0 Å². The molecule has 0 amide bonds. The van der Waals surface area contributed by atoms with Crippen molar-refractivity contribution in [1.82, 2.24) is 4.90 Å². The van der Waals surface area contributed by atoms with Gasteiger partial charge in [0, 0.05) is 30.0 Å². The summed E-state index contributed by atoms with van der Waals surface area (Å²) in [6, 6.07) is 8.70. The van der Waals surface area contributed by atoms with Gasteiger partial charge in [-0.2, -0.15) is 11.8 Å². The maximum absolute atomic E-state index is 6.17. The van der Waals surface area contributed by atoms with Crippen molar-refractivity contribution in [2.75, 3.05) is 31.1 Å². The quantitative estimate of drug-likeness (QED) is 0.686. The number of hydrogen-bond acceptors (Lipinski definition) is 2. The van der Waals surface area contributed by atoms with Crippen molar-refractivity contribution in [3.05, 3.63) is 35.4 Å². The van der Waals surface area contributed by atoms with Crippen LogP contribution in [0.25, 0.3) is 0 Å². The summed E-state index contributed by atoms with van der Waals surface area (Å²) in [4.78, 5) is 6.94. The second-order valence-corrected chi connectivity index (χ2v) is 7.09. The Morgan fingerprint density at radius 2 is 2.00 bits per heavy atom. The molecule has 0 unspecified atom stereocenters. The average Bonchev–Trinajstić information content (AvgIpc) is 3.27. The van der Waals surface area contributed by atoms with Crippen LogP contribution in [0.15, 0.2) is 29.3 Å². The van der Waals surface area contributed by atoms with Crippen LogP contribution in [0, 0.1) is 6.92 Å². The first-order valence-corrected chi connectivity index (χ1v) is 8.55. The molecule has 2 fully saturated rings. The van der Waals surface area contributed by atoms with Crippen LogP contribution in [0.5, 0.6) is 0 Å². The molecule has 3 rings (SSSR count). The maximum Gasteiger partial charge on any atom is 0.191 e. The van der Waals surface area contributed by atoms with Crippen molar-refractivity contribution in [3.63, 3.8) is 0 Å². The summed E-state index contributed by atoms with van der Waals surface area (Å²) >= 11 is 2.00. The van der Waals surface area contributed by atoms with E-state index in [0.717, 1.165) is 25.6 Å². The zero-order valence-electron chi connectivity index (χ0n) is 12.1. The van der Waals surface area contributed by atoms with E-state index in [9.17, 15) is 0 Å². The molecule has 2 N–H and O–H groups in total. The summed E-state index contributed by atoms with van der Waals surface area (Å²) in [5, 5.41) is 0. The minimum atomic E-state index is 0.264. The number of thioether (sulfide) groups is 1. The molecule has 108 valence electrons. The lowest BCUT2D eigenvalue weighted by atomic mass is 9.92. The number of nitrogens with two attached hydrogens (primary N) is 1. The predicted molar refractivity (Wildman–Crippen MR) is 87.5 cm³/mol. The highest BCUT2D eigenvalue weighted by Crippen LogP contribution is 2.49. The molecule has 1 saturated carbocycles. The minimum Gasteiger partial charge on any atom is -0.370 e. The summed E-state index contributed by atoms with van der Waals surface area (Å²) in [6.45, 7) is 5.12. The summed E-state index contributed by atoms with van der Waals surface area (Å²) in [7, 11) is 0. The normalized spacial score (nSPS) is 21.9. The highest BCUT2D eigenvalue weighted by atomic mass is 32.2. The van der Waals surface area contributed by atoms with E-state index in [1.54, 1.807) is 0 Å². The van der Waals surface area contributed by atoms with Crippen molar-refractivity contribution >= 4 is 17.7 Å². The van der Waals surface area contributed by atoms with Crippen LogP contribution < -0.4 is 5.73 Å². The van der Waals surface area contributed by atoms with E-state index < -0.39 is 0 Å². The molecule has 0 aromatic heterocycles. The van der Waals surface area contributed by atoms with E-state index in [4.69, 9.17) is 10.7 Å². The van der Waals surface area contributed by atoms with Crippen molar-refractivity contribution in [2.24, 2.45) is 10.7 Å². The molecule has 2 aliphatic rings. The zero-order valence-corrected chi connectivity index (χ0v) is 13.0. The van der Waals surface area contributed by atoms with Crippen LogP contribution >= 0.6 is 11.8 Å². The number of aliphatic imine (C=N–C) groups is 1. The van der Waals surface area contributed by atoms with Gasteiger partial charge in [-0.25, -0.2) is 0 Å². The number of rotatable bonds is 3. The molecule has 1 aromatic carbocycles. The molecule has 3 nitrogen and oxygen atoms in total. The molecule has 1 aliphatic carbocycles. The Morgan fingerprint density at radius 3 is 2.65 bits per heavy atom. The smallest absolute Gasteiger partial charge is 0.191 e. The Balaban J connectivity index is 1.69. The Kier molecular flexibility index (Phi) is 3.92. The van der Waals surface area contributed by atoms with Gasteiger partial charge in [0.1, 0.15) is 0 Å². The molecule has 0 radical (unpaired) electrons. The first kappa shape index (κ1) is 13.8. The van der Waals surface area contributed by atoms with Crippen molar-refractivity contribution in [3.8, 4) is 0 Å². The fraction of sp³-hybridized carbons (Fsp3) is 0.562. The van der Waals surface area contributed by atoms with Crippen LogP contribution in [0.2, 0.25) is 0 Å². The van der Waals surface area contributed by atoms with Gasteiger partial charge < -0.3 is 10.6 Å². The van der Waals surface area contributed by atoms with E-state index in [1.165, 1.54) is 35.5 Å². The largest absolute Gasteiger partial charge is 0.370 e. The third-order valence-corrected chi connectivity index (χ3v) is 5.39. The van der Waals surface area contributed by atoms with Gasteiger partial charge in [-0.3, -0.25) is 4.99 Å². The Bertz CT molecular complexity index is 502. The van der Waals surface area contributed by atoms with Gasteiger partial charge in [0.05, 0.1) is 6.54 Å². The average molecular weight is 289 g/mol. The molecule has 0 atom stereocenters. The highest BCUT2D eigenvalue weighted by Gasteiger charge is 2.44. The SMILES string of the molecule is Cc1ccccc1C1(CN=C(N)N2CCSCC2)CC1. The summed E-state index contributed by atoms with van der Waals surface area (Å²) < 4.78 is 0. The van der Waals surface area contributed by atoms with E-state index in [0.29, 0.717) is 0 Å². The molecule has 1 aromatic rings. The van der Waals surface area contributed by atoms with Crippen LogP contribution in [0.1, 0.15) is 24.0 Å². The molecule has 4 heteroatoms. The monoisotopic (exact) mass is 289 g/mol. The van der Waals surface area contributed by atoms with Crippen LogP contribution in [0.4, 0.5) is 0 Å². The third kappa shape index (κ3) is 2.80. The van der Waals surface area contributed by atoms with Gasteiger partial charge in [-0.05, 0) is 30.9 Å². The predicted octanol–water partition coefficient (Wildman–Crippen LogP) is 2.39. The Hall–Kier alpha value is -1.16. The molecule has 20 heavy (non-hydrogen) atoms. The van der Waals surface area contributed by atoms with Crippen LogP contribution in [-0.4, -0.2) is 42.0 Å². The minimum absolute atomic E-state index is 0.264. The van der Waals surface area contributed by atoms with Crippen LogP contribution in [0.3, 0.4) is 0 Å². The standard InChI is InChI=1S/C16H23N3S/c1-13-4-2-3-5-14(13)16(6-7-16)12-18-15(17)19-8-10-20-11-9-19/h2-5H,6-12H2,1H3,(H2,17,18). The number of hydrogen-bond donors (Lipinski definition) is 1. The number of guanidine groups is 1. The van der Waals surface area contributed by atoms with Gasteiger partial charge in [-0.1, -0.05) is 24.3 Å². The Labute approximate surface area is 125 Å². The molecular formula is C16H23N3S. The van der Waals surface area contributed by atoms with Gasteiger partial charge in [-0.15, -0.1) is 0 Å².